The summed E-state index contributed by atoms with van der Waals surface area (Å²) >= 11 is 0. The van der Waals surface area contributed by atoms with Crippen LogP contribution in [0, 0.1) is 34.5 Å². The molecule has 0 aromatic heterocycles. The van der Waals surface area contributed by atoms with E-state index < -0.39 is 0 Å². The number of hydrogen-bond donors (Lipinski definition) is 0. The van der Waals surface area contributed by atoms with E-state index in [-0.39, 0.29) is 16.7 Å². The van der Waals surface area contributed by atoms with E-state index in [1.165, 1.54) is 31.3 Å². The van der Waals surface area contributed by atoms with Gasteiger partial charge < -0.3 is 0 Å². The molecule has 22 heavy (non-hydrogen) atoms. The SMILES string of the molecule is CC(=O)[C@@H]1CC[C@H]2[C@H]3CCC4=CC(=O)C[C@@]4(C)[C@@H]3CC[C@]12C. The number of carbonyl (C=O) groups is 2. The van der Waals surface area contributed by atoms with Gasteiger partial charge in [-0.1, -0.05) is 19.4 Å². The third-order valence-corrected chi connectivity index (χ3v) is 8.10. The minimum Gasteiger partial charge on any atom is -0.300 e. The van der Waals surface area contributed by atoms with Crippen molar-refractivity contribution < 1.29 is 9.59 Å². The highest BCUT2D eigenvalue weighted by Gasteiger charge is 2.60. The van der Waals surface area contributed by atoms with E-state index in [4.69, 9.17) is 0 Å². The van der Waals surface area contributed by atoms with Crippen molar-refractivity contribution in [1.82, 2.24) is 0 Å². The molecule has 0 saturated heterocycles. The van der Waals surface area contributed by atoms with Crippen LogP contribution in [0.15, 0.2) is 11.6 Å². The van der Waals surface area contributed by atoms with E-state index in [9.17, 15) is 9.59 Å². The minimum atomic E-state index is 0.135. The van der Waals surface area contributed by atoms with Gasteiger partial charge in [-0.25, -0.2) is 0 Å². The first-order valence-electron chi connectivity index (χ1n) is 9.10. The Labute approximate surface area is 133 Å². The van der Waals surface area contributed by atoms with Gasteiger partial charge in [0.15, 0.2) is 5.78 Å². The van der Waals surface area contributed by atoms with Crippen LogP contribution in [-0.4, -0.2) is 11.6 Å². The monoisotopic (exact) mass is 300 g/mol. The molecule has 3 fully saturated rings. The molecule has 6 atom stereocenters. The Morgan fingerprint density at radius 1 is 1.14 bits per heavy atom. The van der Waals surface area contributed by atoms with Crippen molar-refractivity contribution in [3.63, 3.8) is 0 Å². The lowest BCUT2D eigenvalue weighted by Crippen LogP contribution is -2.49. The van der Waals surface area contributed by atoms with Crippen LogP contribution >= 0.6 is 0 Å². The van der Waals surface area contributed by atoms with E-state index in [0.717, 1.165) is 25.2 Å². The molecule has 0 radical (unpaired) electrons. The third-order valence-electron chi connectivity index (χ3n) is 8.10. The van der Waals surface area contributed by atoms with E-state index in [1.54, 1.807) is 6.92 Å². The topological polar surface area (TPSA) is 34.1 Å². The number of fused-ring (bicyclic) bond motifs is 5. The average Bonchev–Trinajstić information content (AvgIpc) is 2.93. The molecular formula is C20H28O2. The maximum Gasteiger partial charge on any atom is 0.156 e. The lowest BCUT2D eigenvalue weighted by molar-refractivity contribution is -0.127. The van der Waals surface area contributed by atoms with Gasteiger partial charge in [-0.3, -0.25) is 9.59 Å². The molecule has 0 aromatic rings. The van der Waals surface area contributed by atoms with Gasteiger partial charge in [0.2, 0.25) is 0 Å². The first-order valence-corrected chi connectivity index (χ1v) is 9.10. The smallest absolute Gasteiger partial charge is 0.156 e. The molecule has 0 spiro atoms. The van der Waals surface area contributed by atoms with Crippen molar-refractivity contribution >= 4 is 11.6 Å². The standard InChI is InChI=1S/C20H28O2/c1-12(21)16-6-7-17-15-5-4-13-10-14(22)11-20(13,3)18(15)8-9-19(16,17)2/h10,15-18H,4-9,11H2,1-3H3/t15-,16+,17+,18-,19-,20-/m1/s1. The van der Waals surface area contributed by atoms with Crippen LogP contribution in [0.5, 0.6) is 0 Å². The molecular weight excluding hydrogens is 272 g/mol. The zero-order valence-electron chi connectivity index (χ0n) is 14.2. The minimum absolute atomic E-state index is 0.135. The summed E-state index contributed by atoms with van der Waals surface area (Å²) in [5.41, 5.74) is 1.80. The van der Waals surface area contributed by atoms with Gasteiger partial charge in [0.25, 0.3) is 0 Å². The first-order chi connectivity index (χ1) is 10.4. The molecule has 120 valence electrons. The zero-order valence-corrected chi connectivity index (χ0v) is 14.2. The Kier molecular flexibility index (Phi) is 3.03. The molecule has 2 heteroatoms. The molecule has 2 nitrogen and oxygen atoms in total. The fraction of sp³-hybridized carbons (Fsp3) is 0.800. The van der Waals surface area contributed by atoms with Crippen molar-refractivity contribution in [3.05, 3.63) is 11.6 Å². The molecule has 3 saturated carbocycles. The fourth-order valence-electron chi connectivity index (χ4n) is 7.08. The highest BCUT2D eigenvalue weighted by molar-refractivity contribution is 5.94. The maximum absolute atomic E-state index is 12.1. The number of hydrogen-bond acceptors (Lipinski definition) is 2. The number of Topliss-reactive ketones (excluding diaryl/α,β-unsaturated/α-hetero) is 1. The number of ketones is 2. The highest BCUT2D eigenvalue weighted by atomic mass is 16.1. The molecule has 0 N–H and O–H groups in total. The van der Waals surface area contributed by atoms with E-state index in [2.05, 4.69) is 13.8 Å². The van der Waals surface area contributed by atoms with Gasteiger partial charge in [-0.2, -0.15) is 0 Å². The van der Waals surface area contributed by atoms with Crippen LogP contribution in [0.1, 0.15) is 65.7 Å². The Bertz CT molecular complexity index is 574. The lowest BCUT2D eigenvalue weighted by atomic mass is 9.48. The Hall–Kier alpha value is -0.920. The fourth-order valence-corrected chi connectivity index (χ4v) is 7.08. The quantitative estimate of drug-likeness (QED) is 0.722. The van der Waals surface area contributed by atoms with Crippen molar-refractivity contribution in [3.8, 4) is 0 Å². The number of carbonyl (C=O) groups excluding carboxylic acids is 2. The second-order valence-electron chi connectivity index (χ2n) is 8.93. The van der Waals surface area contributed by atoms with Crippen LogP contribution in [-0.2, 0) is 9.59 Å². The van der Waals surface area contributed by atoms with E-state index in [1.807, 2.05) is 6.08 Å². The van der Waals surface area contributed by atoms with Crippen LogP contribution < -0.4 is 0 Å². The third kappa shape index (κ3) is 1.73. The summed E-state index contributed by atoms with van der Waals surface area (Å²) < 4.78 is 0. The van der Waals surface area contributed by atoms with Gasteiger partial charge in [0.05, 0.1) is 0 Å². The van der Waals surface area contributed by atoms with Crippen LogP contribution in [0.25, 0.3) is 0 Å². The number of allylic oxidation sites excluding steroid dienone is 2. The maximum atomic E-state index is 12.1. The Morgan fingerprint density at radius 2 is 1.91 bits per heavy atom. The Balaban J connectivity index is 1.67. The highest BCUT2D eigenvalue weighted by Crippen LogP contribution is 2.66. The average molecular weight is 300 g/mol. The molecule has 4 aliphatic carbocycles. The second-order valence-corrected chi connectivity index (χ2v) is 8.93. The van der Waals surface area contributed by atoms with Gasteiger partial charge in [-0.05, 0) is 80.1 Å². The summed E-state index contributed by atoms with van der Waals surface area (Å²) in [4.78, 5) is 24.1. The van der Waals surface area contributed by atoms with Crippen LogP contribution in [0.4, 0.5) is 0 Å². The van der Waals surface area contributed by atoms with Crippen molar-refractivity contribution in [1.29, 1.82) is 0 Å². The largest absolute Gasteiger partial charge is 0.300 e. The summed E-state index contributed by atoms with van der Waals surface area (Å²) in [6.45, 7) is 6.53. The molecule has 0 unspecified atom stereocenters. The van der Waals surface area contributed by atoms with Gasteiger partial charge >= 0.3 is 0 Å². The van der Waals surface area contributed by atoms with Crippen molar-refractivity contribution in [2.45, 2.75) is 65.7 Å². The molecule has 0 aliphatic heterocycles. The summed E-state index contributed by atoms with van der Waals surface area (Å²) in [5, 5.41) is 0. The molecule has 4 rings (SSSR count). The second kappa shape index (κ2) is 4.55. The molecule has 0 bridgehead atoms. The van der Waals surface area contributed by atoms with Crippen molar-refractivity contribution in [2.24, 2.45) is 34.5 Å². The lowest BCUT2D eigenvalue weighted by Gasteiger charge is -2.56. The summed E-state index contributed by atoms with van der Waals surface area (Å²) in [6.07, 6.45) is 9.76. The summed E-state index contributed by atoms with van der Waals surface area (Å²) in [7, 11) is 0. The van der Waals surface area contributed by atoms with Crippen LogP contribution in [0.3, 0.4) is 0 Å². The summed E-state index contributed by atoms with van der Waals surface area (Å²) in [6, 6.07) is 0. The zero-order chi connectivity index (χ0) is 15.7. The summed E-state index contributed by atoms with van der Waals surface area (Å²) in [5.74, 6) is 3.14. The molecule has 0 heterocycles. The predicted molar refractivity (Wildman–Crippen MR) is 86.3 cm³/mol. The number of rotatable bonds is 1. The first kappa shape index (κ1) is 14.7. The van der Waals surface area contributed by atoms with Crippen molar-refractivity contribution in [2.75, 3.05) is 0 Å². The van der Waals surface area contributed by atoms with E-state index in [0.29, 0.717) is 23.4 Å². The normalized spacial score (nSPS) is 50.1. The molecule has 4 aliphatic rings. The molecule has 0 amide bonds. The van der Waals surface area contributed by atoms with E-state index >= 15 is 0 Å². The van der Waals surface area contributed by atoms with Crippen LogP contribution in [0.2, 0.25) is 0 Å². The predicted octanol–water partition coefficient (Wildman–Crippen LogP) is 4.33. The Morgan fingerprint density at radius 3 is 2.64 bits per heavy atom. The van der Waals surface area contributed by atoms with Gasteiger partial charge in [0, 0.05) is 12.3 Å². The van der Waals surface area contributed by atoms with Gasteiger partial charge in [0.1, 0.15) is 5.78 Å². The van der Waals surface area contributed by atoms with Gasteiger partial charge in [-0.15, -0.1) is 0 Å². The molecule has 0 aromatic carbocycles.